The first-order chi connectivity index (χ1) is 9.67. The fraction of sp³-hybridized carbons (Fsp3) is 1.00. The van der Waals surface area contributed by atoms with Gasteiger partial charge in [0.2, 0.25) is 0 Å². The summed E-state index contributed by atoms with van der Waals surface area (Å²) in [5.41, 5.74) is 0.402. The van der Waals surface area contributed by atoms with E-state index >= 15 is 0 Å². The summed E-state index contributed by atoms with van der Waals surface area (Å²) in [6.45, 7) is 28.1. The Kier molecular flexibility index (Phi) is 5.81. The highest BCUT2D eigenvalue weighted by molar-refractivity contribution is 4.91. The van der Waals surface area contributed by atoms with Crippen molar-refractivity contribution < 1.29 is 4.74 Å². The number of rotatable bonds is 4. The van der Waals surface area contributed by atoms with Gasteiger partial charge in [0.05, 0.1) is 12.2 Å². The molecular weight excluding hydrogens is 272 g/mol. The predicted octanol–water partition coefficient (Wildman–Crippen LogP) is 4.02. The second-order valence-corrected chi connectivity index (χ2v) is 10.0. The van der Waals surface area contributed by atoms with E-state index in [0.717, 1.165) is 32.8 Å². The Hall–Kier alpha value is -0.120. The molecule has 0 bridgehead atoms. The number of hydrogen-bond acceptors (Lipinski definition) is 3. The third-order valence-electron chi connectivity index (χ3n) is 5.68. The van der Waals surface area contributed by atoms with Gasteiger partial charge in [-0.1, -0.05) is 20.8 Å². The van der Waals surface area contributed by atoms with Gasteiger partial charge in [0, 0.05) is 37.3 Å². The molecule has 1 rings (SSSR count). The van der Waals surface area contributed by atoms with Crippen LogP contribution in [0.15, 0.2) is 0 Å². The Bertz CT molecular complexity index is 353. The number of piperazine rings is 1. The van der Waals surface area contributed by atoms with Crippen molar-refractivity contribution in [1.29, 1.82) is 0 Å². The summed E-state index contributed by atoms with van der Waals surface area (Å²) in [6.07, 6.45) is 0. The van der Waals surface area contributed by atoms with E-state index in [2.05, 4.69) is 79.0 Å². The lowest BCUT2D eigenvalue weighted by atomic mass is 9.79. The van der Waals surface area contributed by atoms with E-state index in [1.54, 1.807) is 0 Å². The molecule has 22 heavy (non-hydrogen) atoms. The van der Waals surface area contributed by atoms with Crippen LogP contribution in [0.3, 0.4) is 0 Å². The van der Waals surface area contributed by atoms with Crippen LogP contribution in [0, 0.1) is 5.41 Å². The zero-order valence-corrected chi connectivity index (χ0v) is 16.8. The van der Waals surface area contributed by atoms with Gasteiger partial charge in [0.25, 0.3) is 0 Å². The van der Waals surface area contributed by atoms with Crippen LogP contribution in [0.1, 0.15) is 69.2 Å². The van der Waals surface area contributed by atoms with Crippen molar-refractivity contribution in [3.05, 3.63) is 0 Å². The van der Waals surface area contributed by atoms with Crippen LogP contribution in [0.2, 0.25) is 0 Å². The second kappa shape index (κ2) is 6.41. The Balaban J connectivity index is 2.58. The highest BCUT2D eigenvalue weighted by atomic mass is 16.5. The predicted molar refractivity (Wildman–Crippen MR) is 96.5 cm³/mol. The molecule has 1 saturated heterocycles. The minimum absolute atomic E-state index is 0.0898. The summed E-state index contributed by atoms with van der Waals surface area (Å²) in [5.74, 6) is 0. The summed E-state index contributed by atoms with van der Waals surface area (Å²) in [7, 11) is 0. The fourth-order valence-corrected chi connectivity index (χ4v) is 2.65. The highest BCUT2D eigenvalue weighted by Crippen LogP contribution is 2.34. The molecule has 0 N–H and O–H groups in total. The van der Waals surface area contributed by atoms with Gasteiger partial charge in [0.15, 0.2) is 0 Å². The molecule has 1 aliphatic heterocycles. The average Bonchev–Trinajstić information content (AvgIpc) is 2.34. The number of hydrogen-bond donors (Lipinski definition) is 0. The summed E-state index contributed by atoms with van der Waals surface area (Å²) in [6, 6.07) is 0. The molecule has 0 unspecified atom stereocenters. The van der Waals surface area contributed by atoms with Gasteiger partial charge in [-0.05, 0) is 53.9 Å². The van der Waals surface area contributed by atoms with Crippen LogP contribution < -0.4 is 0 Å². The molecule has 0 aromatic heterocycles. The van der Waals surface area contributed by atoms with Gasteiger partial charge < -0.3 is 4.74 Å². The second-order valence-electron chi connectivity index (χ2n) is 10.0. The van der Waals surface area contributed by atoms with E-state index < -0.39 is 0 Å². The van der Waals surface area contributed by atoms with Gasteiger partial charge in [-0.15, -0.1) is 0 Å². The molecule has 1 aliphatic rings. The van der Waals surface area contributed by atoms with Crippen LogP contribution in [0.4, 0.5) is 0 Å². The van der Waals surface area contributed by atoms with E-state index in [1.165, 1.54) is 0 Å². The Labute approximate surface area is 139 Å². The summed E-state index contributed by atoms with van der Waals surface area (Å²) >= 11 is 0. The number of nitrogens with zero attached hydrogens (tertiary/aromatic N) is 2. The molecule has 3 nitrogen and oxygen atoms in total. The van der Waals surface area contributed by atoms with Crippen molar-refractivity contribution in [3.63, 3.8) is 0 Å². The van der Waals surface area contributed by atoms with Crippen molar-refractivity contribution in [1.82, 2.24) is 9.80 Å². The van der Waals surface area contributed by atoms with E-state index in [4.69, 9.17) is 4.74 Å². The van der Waals surface area contributed by atoms with Crippen molar-refractivity contribution in [2.45, 2.75) is 85.9 Å². The molecule has 0 aliphatic carbocycles. The van der Waals surface area contributed by atoms with Crippen molar-refractivity contribution in [2.24, 2.45) is 5.41 Å². The van der Waals surface area contributed by atoms with Gasteiger partial charge in [-0.3, -0.25) is 9.80 Å². The molecule has 3 heteroatoms. The SMILES string of the molecule is CC(C)(C)N1CCN(C(C)(C)COC(C)(C)C(C)(C)C)CC1. The lowest BCUT2D eigenvalue weighted by Gasteiger charge is -2.49. The number of ether oxygens (including phenoxy) is 1. The summed E-state index contributed by atoms with van der Waals surface area (Å²) in [5, 5.41) is 0. The largest absolute Gasteiger partial charge is 0.373 e. The molecule has 0 aromatic rings. The van der Waals surface area contributed by atoms with Gasteiger partial charge in [0.1, 0.15) is 0 Å². The quantitative estimate of drug-likeness (QED) is 0.779. The van der Waals surface area contributed by atoms with Crippen molar-refractivity contribution in [2.75, 3.05) is 32.8 Å². The molecule has 0 amide bonds. The first-order valence-corrected chi connectivity index (χ1v) is 8.81. The molecule has 0 spiro atoms. The maximum atomic E-state index is 6.35. The lowest BCUT2D eigenvalue weighted by Crippen LogP contribution is -2.60. The van der Waals surface area contributed by atoms with Crippen molar-refractivity contribution >= 4 is 0 Å². The van der Waals surface area contributed by atoms with Crippen LogP contribution >= 0.6 is 0 Å². The highest BCUT2D eigenvalue weighted by Gasteiger charge is 2.38. The molecule has 0 saturated carbocycles. The van der Waals surface area contributed by atoms with E-state index in [9.17, 15) is 0 Å². The van der Waals surface area contributed by atoms with Crippen LogP contribution in [0.25, 0.3) is 0 Å². The first-order valence-electron chi connectivity index (χ1n) is 8.81. The monoisotopic (exact) mass is 312 g/mol. The van der Waals surface area contributed by atoms with E-state index in [-0.39, 0.29) is 22.1 Å². The van der Waals surface area contributed by atoms with Crippen LogP contribution in [0.5, 0.6) is 0 Å². The molecular formula is C19H40N2O. The Morgan fingerprint density at radius 3 is 1.45 bits per heavy atom. The molecule has 0 aromatic carbocycles. The van der Waals surface area contributed by atoms with Gasteiger partial charge >= 0.3 is 0 Å². The van der Waals surface area contributed by atoms with Gasteiger partial charge in [-0.2, -0.15) is 0 Å². The zero-order valence-electron chi connectivity index (χ0n) is 16.8. The Morgan fingerprint density at radius 2 is 1.09 bits per heavy atom. The summed E-state index contributed by atoms with van der Waals surface area (Å²) < 4.78 is 6.35. The van der Waals surface area contributed by atoms with Crippen molar-refractivity contribution in [3.8, 4) is 0 Å². The average molecular weight is 313 g/mol. The van der Waals surface area contributed by atoms with E-state index in [0.29, 0.717) is 0 Å². The minimum Gasteiger partial charge on any atom is -0.373 e. The lowest BCUT2D eigenvalue weighted by molar-refractivity contribution is -0.127. The molecule has 1 fully saturated rings. The molecule has 1 heterocycles. The van der Waals surface area contributed by atoms with Crippen LogP contribution in [-0.4, -0.2) is 59.3 Å². The maximum Gasteiger partial charge on any atom is 0.0675 e. The van der Waals surface area contributed by atoms with Crippen LogP contribution in [-0.2, 0) is 4.74 Å². The fourth-order valence-electron chi connectivity index (χ4n) is 2.65. The molecule has 132 valence electrons. The smallest absolute Gasteiger partial charge is 0.0675 e. The topological polar surface area (TPSA) is 15.7 Å². The first kappa shape index (κ1) is 19.9. The normalized spacial score (nSPS) is 20.5. The van der Waals surface area contributed by atoms with Gasteiger partial charge in [-0.25, -0.2) is 0 Å². The van der Waals surface area contributed by atoms with E-state index in [1.807, 2.05) is 0 Å². The maximum absolute atomic E-state index is 6.35. The molecule has 0 radical (unpaired) electrons. The third kappa shape index (κ3) is 4.94. The zero-order chi connectivity index (χ0) is 17.4. The molecule has 0 atom stereocenters. The Morgan fingerprint density at radius 1 is 0.682 bits per heavy atom. The minimum atomic E-state index is -0.114. The summed E-state index contributed by atoms with van der Waals surface area (Å²) in [4.78, 5) is 5.17. The standard InChI is InChI=1S/C19H40N2O/c1-16(2,3)19(9,10)22-15-18(7,8)21-13-11-20(12-14-21)17(4,5)6/h11-15H2,1-10H3. The third-order valence-corrected chi connectivity index (χ3v) is 5.68.